The lowest BCUT2D eigenvalue weighted by Crippen LogP contribution is -2.55. The number of nitrogens with two attached hydrogens (primary N) is 1. The van der Waals surface area contributed by atoms with Gasteiger partial charge in [-0.15, -0.1) is 0 Å². The largest absolute Gasteiger partial charge is 0.345 e. The highest BCUT2D eigenvalue weighted by atomic mass is 16.1. The summed E-state index contributed by atoms with van der Waals surface area (Å²) >= 11 is 0. The number of nitrogens with zero attached hydrogens (tertiary/aromatic N) is 2. The van der Waals surface area contributed by atoms with Gasteiger partial charge in [0.25, 0.3) is 5.91 Å². The Kier molecular flexibility index (Phi) is 4.38. The molecule has 1 amide bonds. The SMILES string of the molecule is Cc1cc(C(=O)NC2(CN)CCC(C)CC2)c(C)nn1. The molecule has 1 aromatic rings. The summed E-state index contributed by atoms with van der Waals surface area (Å²) in [6, 6.07) is 1.79. The van der Waals surface area contributed by atoms with Gasteiger partial charge in [0.15, 0.2) is 0 Å². The van der Waals surface area contributed by atoms with Gasteiger partial charge >= 0.3 is 0 Å². The molecule has 1 aliphatic rings. The molecule has 0 unspecified atom stereocenters. The second-order valence-electron chi connectivity index (χ2n) is 6.11. The molecule has 110 valence electrons. The molecule has 5 heteroatoms. The van der Waals surface area contributed by atoms with Crippen LogP contribution in [0.1, 0.15) is 54.4 Å². The number of amides is 1. The maximum atomic E-state index is 12.5. The van der Waals surface area contributed by atoms with E-state index in [2.05, 4.69) is 22.4 Å². The van der Waals surface area contributed by atoms with Crippen LogP contribution in [-0.2, 0) is 0 Å². The summed E-state index contributed by atoms with van der Waals surface area (Å²) in [7, 11) is 0. The fraction of sp³-hybridized carbons (Fsp3) is 0.667. The number of hydrogen-bond donors (Lipinski definition) is 2. The van der Waals surface area contributed by atoms with E-state index in [1.165, 1.54) is 0 Å². The number of aryl methyl sites for hydroxylation is 2. The van der Waals surface area contributed by atoms with E-state index in [9.17, 15) is 4.79 Å². The zero-order valence-corrected chi connectivity index (χ0v) is 12.6. The lowest BCUT2D eigenvalue weighted by atomic mass is 9.77. The van der Waals surface area contributed by atoms with E-state index in [0.717, 1.165) is 37.3 Å². The highest BCUT2D eigenvalue weighted by Crippen LogP contribution is 2.31. The molecule has 0 aromatic carbocycles. The van der Waals surface area contributed by atoms with Gasteiger partial charge in [-0.3, -0.25) is 4.79 Å². The monoisotopic (exact) mass is 276 g/mol. The van der Waals surface area contributed by atoms with Gasteiger partial charge in [-0.05, 0) is 51.5 Å². The van der Waals surface area contributed by atoms with Crippen LogP contribution in [0.4, 0.5) is 0 Å². The Morgan fingerprint density at radius 3 is 2.65 bits per heavy atom. The number of hydrogen-bond acceptors (Lipinski definition) is 4. The quantitative estimate of drug-likeness (QED) is 0.881. The van der Waals surface area contributed by atoms with Crippen molar-refractivity contribution in [1.29, 1.82) is 0 Å². The fourth-order valence-corrected chi connectivity index (χ4v) is 2.78. The Hall–Kier alpha value is -1.49. The van der Waals surface area contributed by atoms with Gasteiger partial charge in [-0.1, -0.05) is 6.92 Å². The molecule has 1 heterocycles. The van der Waals surface area contributed by atoms with Crippen molar-refractivity contribution < 1.29 is 4.79 Å². The van der Waals surface area contributed by atoms with Crippen molar-refractivity contribution >= 4 is 5.91 Å². The molecule has 1 saturated carbocycles. The molecule has 1 aliphatic carbocycles. The minimum atomic E-state index is -0.257. The Morgan fingerprint density at radius 1 is 1.40 bits per heavy atom. The van der Waals surface area contributed by atoms with E-state index in [1.807, 2.05) is 6.92 Å². The van der Waals surface area contributed by atoms with Crippen LogP contribution < -0.4 is 11.1 Å². The molecule has 20 heavy (non-hydrogen) atoms. The standard InChI is InChI=1S/C15H24N4O/c1-10-4-6-15(9-16,7-5-10)17-14(20)13-8-11(2)18-19-12(13)3/h8,10H,4-7,9,16H2,1-3H3,(H,17,20). The first-order valence-electron chi connectivity index (χ1n) is 7.29. The Labute approximate surface area is 120 Å². The van der Waals surface area contributed by atoms with E-state index in [4.69, 9.17) is 5.73 Å². The minimum absolute atomic E-state index is 0.0829. The van der Waals surface area contributed by atoms with Gasteiger partial charge in [-0.25, -0.2) is 0 Å². The molecule has 5 nitrogen and oxygen atoms in total. The van der Waals surface area contributed by atoms with Crippen LogP contribution in [0.2, 0.25) is 0 Å². The summed E-state index contributed by atoms with van der Waals surface area (Å²) < 4.78 is 0. The first-order valence-corrected chi connectivity index (χ1v) is 7.29. The number of carbonyl (C=O) groups is 1. The Morgan fingerprint density at radius 2 is 2.05 bits per heavy atom. The second kappa shape index (κ2) is 5.87. The van der Waals surface area contributed by atoms with Crippen LogP contribution in [0, 0.1) is 19.8 Å². The summed E-state index contributed by atoms with van der Waals surface area (Å²) in [6.45, 7) is 6.38. The third-order valence-corrected chi connectivity index (χ3v) is 4.35. The molecular formula is C15H24N4O. The molecule has 1 aromatic heterocycles. The van der Waals surface area contributed by atoms with E-state index in [0.29, 0.717) is 17.8 Å². The van der Waals surface area contributed by atoms with Gasteiger partial charge in [0.2, 0.25) is 0 Å². The van der Waals surface area contributed by atoms with Gasteiger partial charge in [-0.2, -0.15) is 10.2 Å². The summed E-state index contributed by atoms with van der Waals surface area (Å²) in [5.74, 6) is 0.638. The number of nitrogens with one attached hydrogen (secondary N) is 1. The first kappa shape index (κ1) is 14.9. The molecule has 0 bridgehead atoms. The summed E-state index contributed by atoms with van der Waals surface area (Å²) in [5, 5.41) is 11.1. The van der Waals surface area contributed by atoms with Crippen LogP contribution >= 0.6 is 0 Å². The highest BCUT2D eigenvalue weighted by Gasteiger charge is 2.34. The summed E-state index contributed by atoms with van der Waals surface area (Å²) in [4.78, 5) is 12.5. The van der Waals surface area contributed by atoms with E-state index in [1.54, 1.807) is 13.0 Å². The number of rotatable bonds is 3. The molecule has 2 rings (SSSR count). The van der Waals surface area contributed by atoms with Crippen LogP contribution in [0.15, 0.2) is 6.07 Å². The fourth-order valence-electron chi connectivity index (χ4n) is 2.78. The predicted molar refractivity (Wildman–Crippen MR) is 78.4 cm³/mol. The smallest absolute Gasteiger partial charge is 0.253 e. The predicted octanol–water partition coefficient (Wildman–Crippen LogP) is 1.73. The number of carbonyl (C=O) groups excluding carboxylic acids is 1. The molecule has 3 N–H and O–H groups in total. The zero-order valence-electron chi connectivity index (χ0n) is 12.6. The number of aromatic nitrogens is 2. The third-order valence-electron chi connectivity index (χ3n) is 4.35. The maximum Gasteiger partial charge on any atom is 0.253 e. The Bertz CT molecular complexity index is 493. The normalized spacial score (nSPS) is 26.3. The van der Waals surface area contributed by atoms with Crippen molar-refractivity contribution in [3.8, 4) is 0 Å². The van der Waals surface area contributed by atoms with Crippen molar-refractivity contribution in [1.82, 2.24) is 15.5 Å². The molecule has 0 aliphatic heterocycles. The Balaban J connectivity index is 2.15. The zero-order chi connectivity index (χ0) is 14.8. The van der Waals surface area contributed by atoms with Gasteiger partial charge in [0.05, 0.1) is 22.5 Å². The van der Waals surface area contributed by atoms with Crippen molar-refractivity contribution in [3.63, 3.8) is 0 Å². The maximum absolute atomic E-state index is 12.5. The van der Waals surface area contributed by atoms with Gasteiger partial charge in [0.1, 0.15) is 0 Å². The molecule has 0 radical (unpaired) electrons. The molecule has 1 fully saturated rings. The van der Waals surface area contributed by atoms with Crippen LogP contribution in [-0.4, -0.2) is 28.2 Å². The first-order chi connectivity index (χ1) is 9.46. The highest BCUT2D eigenvalue weighted by molar-refractivity contribution is 5.95. The average Bonchev–Trinajstić information content (AvgIpc) is 2.44. The van der Waals surface area contributed by atoms with E-state index < -0.39 is 0 Å². The van der Waals surface area contributed by atoms with Gasteiger partial charge < -0.3 is 11.1 Å². The lowest BCUT2D eigenvalue weighted by molar-refractivity contribution is 0.0858. The topological polar surface area (TPSA) is 80.9 Å². The van der Waals surface area contributed by atoms with E-state index in [-0.39, 0.29) is 11.4 Å². The second-order valence-corrected chi connectivity index (χ2v) is 6.11. The lowest BCUT2D eigenvalue weighted by Gasteiger charge is -2.39. The summed E-state index contributed by atoms with van der Waals surface area (Å²) in [6.07, 6.45) is 4.13. The minimum Gasteiger partial charge on any atom is -0.345 e. The van der Waals surface area contributed by atoms with E-state index >= 15 is 0 Å². The molecule has 0 spiro atoms. The van der Waals surface area contributed by atoms with Gasteiger partial charge in [0, 0.05) is 6.54 Å². The van der Waals surface area contributed by atoms with Crippen molar-refractivity contribution in [2.75, 3.05) is 6.54 Å². The molecule has 0 atom stereocenters. The third kappa shape index (κ3) is 3.15. The summed E-state index contributed by atoms with van der Waals surface area (Å²) in [5.41, 5.74) is 7.69. The van der Waals surface area contributed by atoms with Crippen molar-refractivity contribution in [2.45, 2.75) is 52.0 Å². The molecule has 0 saturated heterocycles. The average molecular weight is 276 g/mol. The van der Waals surface area contributed by atoms with Crippen LogP contribution in [0.5, 0.6) is 0 Å². The van der Waals surface area contributed by atoms with Crippen LogP contribution in [0.25, 0.3) is 0 Å². The molecular weight excluding hydrogens is 252 g/mol. The van der Waals surface area contributed by atoms with Crippen molar-refractivity contribution in [2.24, 2.45) is 11.7 Å². The van der Waals surface area contributed by atoms with Crippen LogP contribution in [0.3, 0.4) is 0 Å². The van der Waals surface area contributed by atoms with Crippen molar-refractivity contribution in [3.05, 3.63) is 23.0 Å².